The lowest BCUT2D eigenvalue weighted by Gasteiger charge is -2.24. The van der Waals surface area contributed by atoms with Gasteiger partial charge < -0.3 is 5.11 Å². The highest BCUT2D eigenvalue weighted by Gasteiger charge is 2.33. The Bertz CT molecular complexity index is 194. The molecule has 60 valence electrons. The highest BCUT2D eigenvalue weighted by Crippen LogP contribution is 2.39. The van der Waals surface area contributed by atoms with Crippen molar-refractivity contribution in [1.29, 1.82) is 0 Å². The molecule has 1 saturated carbocycles. The van der Waals surface area contributed by atoms with E-state index < -0.39 is 5.97 Å². The van der Waals surface area contributed by atoms with Crippen molar-refractivity contribution in [3.63, 3.8) is 0 Å². The molecule has 0 aromatic rings. The van der Waals surface area contributed by atoms with E-state index in [1.807, 2.05) is 0 Å². The molecule has 0 saturated heterocycles. The maximum absolute atomic E-state index is 10.6. The van der Waals surface area contributed by atoms with Crippen LogP contribution in [0.15, 0.2) is 12.2 Å². The van der Waals surface area contributed by atoms with Gasteiger partial charge >= 0.3 is 5.97 Å². The SMILES string of the molecule is O=C(O)C1CC2C=CC(C2)C1. The Kier molecular flexibility index (Phi) is 1.48. The van der Waals surface area contributed by atoms with Crippen LogP contribution in [0.25, 0.3) is 0 Å². The Hall–Kier alpha value is -0.790. The van der Waals surface area contributed by atoms with Crippen molar-refractivity contribution in [2.75, 3.05) is 0 Å². The molecule has 0 spiro atoms. The lowest BCUT2D eigenvalue weighted by molar-refractivity contribution is -0.143. The molecule has 1 N–H and O–H groups in total. The van der Waals surface area contributed by atoms with Crippen molar-refractivity contribution in [3.8, 4) is 0 Å². The summed E-state index contributed by atoms with van der Waals surface area (Å²) in [5.74, 6) is 0.446. The van der Waals surface area contributed by atoms with Crippen molar-refractivity contribution in [1.82, 2.24) is 0 Å². The van der Waals surface area contributed by atoms with Gasteiger partial charge in [-0.15, -0.1) is 0 Å². The van der Waals surface area contributed by atoms with E-state index in [4.69, 9.17) is 5.11 Å². The topological polar surface area (TPSA) is 37.3 Å². The van der Waals surface area contributed by atoms with Crippen molar-refractivity contribution in [2.45, 2.75) is 19.3 Å². The maximum atomic E-state index is 10.6. The third-order valence-electron chi connectivity index (χ3n) is 2.78. The van der Waals surface area contributed by atoms with Gasteiger partial charge in [-0.25, -0.2) is 0 Å². The van der Waals surface area contributed by atoms with Crippen LogP contribution in [0, 0.1) is 17.8 Å². The molecule has 0 aromatic heterocycles. The van der Waals surface area contributed by atoms with Crippen molar-refractivity contribution >= 4 is 5.97 Å². The molecule has 0 aliphatic heterocycles. The highest BCUT2D eigenvalue weighted by atomic mass is 16.4. The number of hydrogen-bond donors (Lipinski definition) is 1. The zero-order chi connectivity index (χ0) is 7.84. The summed E-state index contributed by atoms with van der Waals surface area (Å²) in [6, 6.07) is 0. The molecule has 11 heavy (non-hydrogen) atoms. The molecule has 0 heterocycles. The molecule has 2 aliphatic carbocycles. The van der Waals surface area contributed by atoms with Crippen LogP contribution < -0.4 is 0 Å². The second kappa shape index (κ2) is 2.36. The van der Waals surface area contributed by atoms with Gasteiger partial charge in [0.05, 0.1) is 5.92 Å². The average molecular weight is 152 g/mol. The predicted molar refractivity (Wildman–Crippen MR) is 41.1 cm³/mol. The van der Waals surface area contributed by atoms with E-state index in [-0.39, 0.29) is 5.92 Å². The third-order valence-corrected chi connectivity index (χ3v) is 2.78. The van der Waals surface area contributed by atoms with Gasteiger partial charge in [-0.05, 0) is 31.1 Å². The summed E-state index contributed by atoms with van der Waals surface area (Å²) in [5, 5.41) is 8.77. The fourth-order valence-electron chi connectivity index (χ4n) is 2.24. The molecular formula is C9H12O2. The summed E-state index contributed by atoms with van der Waals surface area (Å²) >= 11 is 0. The van der Waals surface area contributed by atoms with Crippen LogP contribution in [0.1, 0.15) is 19.3 Å². The summed E-state index contributed by atoms with van der Waals surface area (Å²) in [6.45, 7) is 0. The number of allylic oxidation sites excluding steroid dienone is 2. The first-order valence-electron chi connectivity index (χ1n) is 4.17. The molecule has 2 rings (SSSR count). The summed E-state index contributed by atoms with van der Waals surface area (Å²) in [7, 11) is 0. The molecular weight excluding hydrogens is 140 g/mol. The Morgan fingerprint density at radius 1 is 1.18 bits per heavy atom. The number of aliphatic carboxylic acids is 1. The molecule has 2 aliphatic rings. The number of carboxylic acid groups (broad SMARTS) is 1. The standard InChI is InChI=1S/C9H12O2/c10-9(11)8-4-6-1-2-7(3-6)5-8/h1-2,6-8H,3-5H2,(H,10,11). The normalized spacial score (nSPS) is 40.9. The zero-order valence-electron chi connectivity index (χ0n) is 6.36. The van der Waals surface area contributed by atoms with Crippen LogP contribution in [0.3, 0.4) is 0 Å². The largest absolute Gasteiger partial charge is 0.481 e. The molecule has 2 atom stereocenters. The Morgan fingerprint density at radius 2 is 1.73 bits per heavy atom. The summed E-state index contributed by atoms with van der Waals surface area (Å²) in [5.41, 5.74) is 0. The first-order chi connectivity index (χ1) is 5.25. The third kappa shape index (κ3) is 1.17. The first kappa shape index (κ1) is 6.89. The Balaban J connectivity index is 2.06. The predicted octanol–water partition coefficient (Wildman–Crippen LogP) is 1.67. The fraction of sp³-hybridized carbons (Fsp3) is 0.667. The van der Waals surface area contributed by atoms with Crippen molar-refractivity contribution < 1.29 is 9.90 Å². The van der Waals surface area contributed by atoms with Gasteiger partial charge in [0.15, 0.2) is 0 Å². The van der Waals surface area contributed by atoms with E-state index in [1.165, 1.54) is 6.42 Å². The molecule has 0 amide bonds. The van der Waals surface area contributed by atoms with Gasteiger partial charge in [-0.1, -0.05) is 12.2 Å². The monoisotopic (exact) mass is 152 g/mol. The van der Waals surface area contributed by atoms with E-state index in [9.17, 15) is 4.79 Å². The smallest absolute Gasteiger partial charge is 0.306 e. The number of hydrogen-bond acceptors (Lipinski definition) is 1. The van der Waals surface area contributed by atoms with E-state index >= 15 is 0 Å². The number of carboxylic acids is 1. The highest BCUT2D eigenvalue weighted by molar-refractivity contribution is 5.70. The fourth-order valence-corrected chi connectivity index (χ4v) is 2.24. The van der Waals surface area contributed by atoms with Crippen LogP contribution in [-0.2, 0) is 4.79 Å². The van der Waals surface area contributed by atoms with E-state index in [2.05, 4.69) is 12.2 Å². The minimum absolute atomic E-state index is 0.0752. The lowest BCUT2D eigenvalue weighted by atomic mass is 9.80. The second-order valence-corrected chi connectivity index (χ2v) is 3.65. The lowest BCUT2D eigenvalue weighted by Crippen LogP contribution is -2.23. The van der Waals surface area contributed by atoms with Gasteiger partial charge in [-0.2, -0.15) is 0 Å². The van der Waals surface area contributed by atoms with Crippen LogP contribution in [0.5, 0.6) is 0 Å². The molecule has 0 aromatic carbocycles. The van der Waals surface area contributed by atoms with Crippen molar-refractivity contribution in [3.05, 3.63) is 12.2 Å². The molecule has 2 bridgehead atoms. The van der Waals surface area contributed by atoms with Crippen LogP contribution in [-0.4, -0.2) is 11.1 Å². The van der Waals surface area contributed by atoms with Gasteiger partial charge in [0.25, 0.3) is 0 Å². The van der Waals surface area contributed by atoms with Crippen LogP contribution in [0.4, 0.5) is 0 Å². The Morgan fingerprint density at radius 3 is 2.18 bits per heavy atom. The summed E-state index contributed by atoms with van der Waals surface area (Å²) < 4.78 is 0. The summed E-state index contributed by atoms with van der Waals surface area (Å²) in [6.07, 6.45) is 7.30. The Labute approximate surface area is 65.9 Å². The van der Waals surface area contributed by atoms with Crippen LogP contribution in [0.2, 0.25) is 0 Å². The number of rotatable bonds is 1. The van der Waals surface area contributed by atoms with Gasteiger partial charge in [0, 0.05) is 0 Å². The summed E-state index contributed by atoms with van der Waals surface area (Å²) in [4.78, 5) is 10.6. The average Bonchev–Trinajstić information content (AvgIpc) is 2.30. The second-order valence-electron chi connectivity index (χ2n) is 3.65. The van der Waals surface area contributed by atoms with Gasteiger partial charge in [0.1, 0.15) is 0 Å². The van der Waals surface area contributed by atoms with Gasteiger partial charge in [0.2, 0.25) is 0 Å². The van der Waals surface area contributed by atoms with Crippen LogP contribution >= 0.6 is 0 Å². The van der Waals surface area contributed by atoms with E-state index in [1.54, 1.807) is 0 Å². The molecule has 2 unspecified atom stereocenters. The zero-order valence-corrected chi connectivity index (χ0v) is 6.36. The molecule has 2 heteroatoms. The minimum atomic E-state index is -0.608. The number of fused-ring (bicyclic) bond motifs is 2. The first-order valence-corrected chi connectivity index (χ1v) is 4.17. The molecule has 2 nitrogen and oxygen atoms in total. The maximum Gasteiger partial charge on any atom is 0.306 e. The van der Waals surface area contributed by atoms with E-state index in [0.29, 0.717) is 11.8 Å². The van der Waals surface area contributed by atoms with E-state index in [0.717, 1.165) is 12.8 Å². The molecule has 1 fully saturated rings. The van der Waals surface area contributed by atoms with Gasteiger partial charge in [-0.3, -0.25) is 4.79 Å². The quantitative estimate of drug-likeness (QED) is 0.580. The number of carbonyl (C=O) groups is 1. The van der Waals surface area contributed by atoms with Crippen molar-refractivity contribution in [2.24, 2.45) is 17.8 Å². The molecule has 0 radical (unpaired) electrons. The minimum Gasteiger partial charge on any atom is -0.481 e.